The SMILES string of the molecule is Nc1ccc(Oc2ccccc2C(=O)Oc2cccnc2)cc1O. The molecule has 2 aromatic carbocycles. The van der Waals surface area contributed by atoms with Gasteiger partial charge in [-0.2, -0.15) is 0 Å². The van der Waals surface area contributed by atoms with Crippen LogP contribution in [0.25, 0.3) is 0 Å². The molecule has 6 nitrogen and oxygen atoms in total. The highest BCUT2D eigenvalue weighted by molar-refractivity contribution is 5.94. The van der Waals surface area contributed by atoms with Crippen molar-refractivity contribution in [3.05, 3.63) is 72.6 Å². The monoisotopic (exact) mass is 322 g/mol. The Balaban J connectivity index is 1.84. The van der Waals surface area contributed by atoms with Crippen LogP contribution in [-0.4, -0.2) is 16.1 Å². The summed E-state index contributed by atoms with van der Waals surface area (Å²) >= 11 is 0. The van der Waals surface area contributed by atoms with E-state index in [0.717, 1.165) is 0 Å². The number of pyridine rings is 1. The van der Waals surface area contributed by atoms with Crippen molar-refractivity contribution in [2.75, 3.05) is 5.73 Å². The third-order valence-electron chi connectivity index (χ3n) is 3.18. The van der Waals surface area contributed by atoms with Gasteiger partial charge >= 0.3 is 5.97 Å². The Morgan fingerprint density at radius 3 is 2.62 bits per heavy atom. The molecule has 1 heterocycles. The van der Waals surface area contributed by atoms with Gasteiger partial charge in [0.1, 0.15) is 28.6 Å². The van der Waals surface area contributed by atoms with Crippen LogP contribution in [0.4, 0.5) is 5.69 Å². The van der Waals surface area contributed by atoms with E-state index >= 15 is 0 Å². The number of nitrogen functional groups attached to an aromatic ring is 1. The molecule has 0 spiro atoms. The first-order valence-electron chi connectivity index (χ1n) is 7.11. The lowest BCUT2D eigenvalue weighted by Gasteiger charge is -2.11. The summed E-state index contributed by atoms with van der Waals surface area (Å²) in [4.78, 5) is 16.2. The second kappa shape index (κ2) is 6.70. The van der Waals surface area contributed by atoms with Gasteiger partial charge in [0.15, 0.2) is 0 Å². The number of para-hydroxylation sites is 1. The van der Waals surface area contributed by atoms with Gasteiger partial charge in [-0.25, -0.2) is 4.79 Å². The lowest BCUT2D eigenvalue weighted by Crippen LogP contribution is -2.10. The molecule has 0 fully saturated rings. The molecule has 0 aliphatic carbocycles. The van der Waals surface area contributed by atoms with Crippen LogP contribution in [0.3, 0.4) is 0 Å². The third kappa shape index (κ3) is 3.44. The number of ether oxygens (including phenoxy) is 2. The molecule has 3 N–H and O–H groups in total. The molecular weight excluding hydrogens is 308 g/mol. The molecule has 0 aliphatic rings. The van der Waals surface area contributed by atoms with Gasteiger partial charge in [-0.05, 0) is 36.4 Å². The van der Waals surface area contributed by atoms with Crippen LogP contribution in [0.2, 0.25) is 0 Å². The predicted octanol–water partition coefficient (Wildman–Crippen LogP) is 3.38. The minimum atomic E-state index is -0.571. The van der Waals surface area contributed by atoms with Gasteiger partial charge in [-0.15, -0.1) is 0 Å². The topological polar surface area (TPSA) is 94.7 Å². The van der Waals surface area contributed by atoms with E-state index in [4.69, 9.17) is 15.2 Å². The molecule has 3 rings (SSSR count). The largest absolute Gasteiger partial charge is 0.506 e. The summed E-state index contributed by atoms with van der Waals surface area (Å²) in [6.07, 6.45) is 3.03. The number of phenols is 1. The molecule has 0 radical (unpaired) electrons. The molecule has 0 unspecified atom stereocenters. The van der Waals surface area contributed by atoms with Crippen molar-refractivity contribution in [2.24, 2.45) is 0 Å². The van der Waals surface area contributed by atoms with Crippen molar-refractivity contribution in [2.45, 2.75) is 0 Å². The van der Waals surface area contributed by atoms with Crippen LogP contribution in [0, 0.1) is 0 Å². The van der Waals surface area contributed by atoms with E-state index in [1.165, 1.54) is 18.3 Å². The molecule has 0 saturated heterocycles. The summed E-state index contributed by atoms with van der Waals surface area (Å²) in [5, 5.41) is 9.65. The van der Waals surface area contributed by atoms with Crippen molar-refractivity contribution in [1.29, 1.82) is 0 Å². The second-order valence-electron chi connectivity index (χ2n) is 4.90. The van der Waals surface area contributed by atoms with Gasteiger partial charge < -0.3 is 20.3 Å². The summed E-state index contributed by atoms with van der Waals surface area (Å²) in [5.74, 6) is 0.322. The van der Waals surface area contributed by atoms with Crippen LogP contribution < -0.4 is 15.2 Å². The number of carbonyl (C=O) groups is 1. The number of carbonyl (C=O) groups excluding carboxylic acids is 1. The molecule has 120 valence electrons. The summed E-state index contributed by atoms with van der Waals surface area (Å²) in [6.45, 7) is 0. The van der Waals surface area contributed by atoms with Crippen molar-refractivity contribution >= 4 is 11.7 Å². The van der Waals surface area contributed by atoms with Crippen molar-refractivity contribution < 1.29 is 19.4 Å². The average molecular weight is 322 g/mol. The highest BCUT2D eigenvalue weighted by atomic mass is 16.5. The maximum Gasteiger partial charge on any atom is 0.347 e. The molecule has 0 aliphatic heterocycles. The first-order chi connectivity index (χ1) is 11.6. The lowest BCUT2D eigenvalue weighted by molar-refractivity contribution is 0.0731. The molecule has 0 atom stereocenters. The number of hydrogen-bond donors (Lipinski definition) is 2. The van der Waals surface area contributed by atoms with E-state index in [0.29, 0.717) is 17.2 Å². The van der Waals surface area contributed by atoms with Crippen molar-refractivity contribution in [3.8, 4) is 23.0 Å². The Morgan fingerprint density at radius 2 is 1.88 bits per heavy atom. The zero-order valence-corrected chi connectivity index (χ0v) is 12.5. The number of esters is 1. The van der Waals surface area contributed by atoms with Crippen LogP contribution in [0.5, 0.6) is 23.0 Å². The van der Waals surface area contributed by atoms with Crippen molar-refractivity contribution in [1.82, 2.24) is 4.98 Å². The summed E-state index contributed by atoms with van der Waals surface area (Å²) in [6, 6.07) is 14.4. The van der Waals surface area contributed by atoms with Crippen LogP contribution in [0.1, 0.15) is 10.4 Å². The number of rotatable bonds is 4. The number of nitrogens with zero attached hydrogens (tertiary/aromatic N) is 1. The molecule has 3 aromatic rings. The standard InChI is InChI=1S/C18H14N2O4/c19-15-8-7-12(10-16(15)21)23-17-6-2-1-5-14(17)18(22)24-13-4-3-9-20-11-13/h1-11,21H,19H2. The predicted molar refractivity (Wildman–Crippen MR) is 88.2 cm³/mol. The Morgan fingerprint density at radius 1 is 1.04 bits per heavy atom. The molecule has 6 heteroatoms. The fourth-order valence-corrected chi connectivity index (χ4v) is 2.01. The van der Waals surface area contributed by atoms with Gasteiger partial charge in [-0.3, -0.25) is 4.98 Å². The quantitative estimate of drug-likeness (QED) is 0.434. The Labute approximate surface area is 138 Å². The molecule has 0 amide bonds. The average Bonchev–Trinajstić information content (AvgIpc) is 2.59. The number of aromatic nitrogens is 1. The van der Waals surface area contributed by atoms with Crippen molar-refractivity contribution in [3.63, 3.8) is 0 Å². The lowest BCUT2D eigenvalue weighted by atomic mass is 10.2. The minimum absolute atomic E-state index is 0.0945. The maximum atomic E-state index is 12.3. The Kier molecular flexibility index (Phi) is 4.29. The summed E-state index contributed by atoms with van der Waals surface area (Å²) in [5.41, 5.74) is 6.05. The number of benzene rings is 2. The van der Waals surface area contributed by atoms with E-state index in [1.807, 2.05) is 0 Å². The number of nitrogens with two attached hydrogens (primary N) is 1. The minimum Gasteiger partial charge on any atom is -0.506 e. The van der Waals surface area contributed by atoms with Crippen LogP contribution in [-0.2, 0) is 0 Å². The third-order valence-corrected chi connectivity index (χ3v) is 3.18. The fourth-order valence-electron chi connectivity index (χ4n) is 2.01. The van der Waals surface area contributed by atoms with Gasteiger partial charge in [0.2, 0.25) is 0 Å². The molecule has 0 bridgehead atoms. The van der Waals surface area contributed by atoms with E-state index in [2.05, 4.69) is 4.98 Å². The van der Waals surface area contributed by atoms with E-state index in [9.17, 15) is 9.90 Å². The molecule has 0 saturated carbocycles. The molecular formula is C18H14N2O4. The van der Waals surface area contributed by atoms with Gasteiger partial charge in [0, 0.05) is 12.3 Å². The van der Waals surface area contributed by atoms with Crippen LogP contribution in [0.15, 0.2) is 67.0 Å². The fraction of sp³-hybridized carbons (Fsp3) is 0. The second-order valence-corrected chi connectivity index (χ2v) is 4.90. The van der Waals surface area contributed by atoms with Gasteiger partial charge in [0.05, 0.1) is 11.9 Å². The smallest absolute Gasteiger partial charge is 0.347 e. The first kappa shape index (κ1) is 15.4. The van der Waals surface area contributed by atoms with E-state index in [-0.39, 0.29) is 17.0 Å². The highest BCUT2D eigenvalue weighted by Crippen LogP contribution is 2.31. The number of aromatic hydroxyl groups is 1. The number of phenolic OH excluding ortho intramolecular Hbond substituents is 1. The maximum absolute atomic E-state index is 12.3. The molecule has 1 aromatic heterocycles. The Bertz CT molecular complexity index is 866. The van der Waals surface area contributed by atoms with E-state index in [1.54, 1.807) is 48.7 Å². The van der Waals surface area contributed by atoms with Gasteiger partial charge in [0.25, 0.3) is 0 Å². The van der Waals surface area contributed by atoms with Gasteiger partial charge in [-0.1, -0.05) is 12.1 Å². The Hall–Kier alpha value is -3.54. The number of anilines is 1. The summed E-state index contributed by atoms with van der Waals surface area (Å²) in [7, 11) is 0. The number of hydrogen-bond acceptors (Lipinski definition) is 6. The van der Waals surface area contributed by atoms with E-state index < -0.39 is 5.97 Å². The normalized spacial score (nSPS) is 10.2. The molecule has 24 heavy (non-hydrogen) atoms. The zero-order valence-electron chi connectivity index (χ0n) is 12.5. The zero-order chi connectivity index (χ0) is 16.9. The van der Waals surface area contributed by atoms with Crippen LogP contribution >= 0.6 is 0 Å². The first-order valence-corrected chi connectivity index (χ1v) is 7.11. The highest BCUT2D eigenvalue weighted by Gasteiger charge is 2.15. The summed E-state index contributed by atoms with van der Waals surface area (Å²) < 4.78 is 10.9.